The third-order valence-electron chi connectivity index (χ3n) is 2.11. The molecule has 0 aliphatic carbocycles. The fraction of sp³-hybridized carbons (Fsp3) is 0.0909. The second-order valence-corrected chi connectivity index (χ2v) is 4.87. The molecule has 0 saturated carbocycles. The van der Waals surface area contributed by atoms with Gasteiger partial charge in [0.15, 0.2) is 5.16 Å². The monoisotopic (exact) mass is 285 g/mol. The number of rotatable bonds is 3. The number of nitrogens with two attached hydrogens (primary N) is 1. The molecule has 1 aromatic heterocycles. The molecule has 0 spiro atoms. The number of nitrogens with zero attached hydrogens (tertiary/aromatic N) is 1. The van der Waals surface area contributed by atoms with Gasteiger partial charge in [0, 0.05) is 16.8 Å². The molecule has 0 bridgehead atoms. The maximum Gasteiger partial charge on any atom is 0.253 e. The standard InChI is InChI=1S/C11H9ClFN3OS/c12-8-2-1-7(13)3-6(8)5-18-11-15-9(14)4-10(17)16-11/h1-4H,5H2,(H3,14,15,16,17). The number of H-pyrrole nitrogens is 1. The Kier molecular flexibility index (Phi) is 3.88. The zero-order valence-electron chi connectivity index (χ0n) is 9.11. The normalized spacial score (nSPS) is 10.6. The van der Waals surface area contributed by atoms with Crippen molar-refractivity contribution in [3.63, 3.8) is 0 Å². The van der Waals surface area contributed by atoms with Crippen molar-refractivity contribution in [3.8, 4) is 0 Å². The van der Waals surface area contributed by atoms with E-state index in [4.69, 9.17) is 17.3 Å². The first-order chi connectivity index (χ1) is 8.54. The van der Waals surface area contributed by atoms with Crippen LogP contribution in [0.15, 0.2) is 34.2 Å². The average Bonchev–Trinajstić information content (AvgIpc) is 2.29. The Labute approximate surface area is 111 Å². The number of halogens is 2. The summed E-state index contributed by atoms with van der Waals surface area (Å²) in [4.78, 5) is 17.6. The van der Waals surface area contributed by atoms with Crippen LogP contribution in [0.2, 0.25) is 5.02 Å². The highest BCUT2D eigenvalue weighted by Gasteiger charge is 2.05. The first-order valence-corrected chi connectivity index (χ1v) is 6.34. The predicted molar refractivity (Wildman–Crippen MR) is 70.2 cm³/mol. The van der Waals surface area contributed by atoms with E-state index in [-0.39, 0.29) is 17.2 Å². The summed E-state index contributed by atoms with van der Waals surface area (Å²) >= 11 is 7.15. The molecule has 0 unspecified atom stereocenters. The second-order valence-electron chi connectivity index (χ2n) is 3.50. The Morgan fingerprint density at radius 1 is 1.44 bits per heavy atom. The highest BCUT2D eigenvalue weighted by molar-refractivity contribution is 7.98. The van der Waals surface area contributed by atoms with Gasteiger partial charge >= 0.3 is 0 Å². The van der Waals surface area contributed by atoms with Crippen molar-refractivity contribution in [1.82, 2.24) is 9.97 Å². The number of nitrogen functional groups attached to an aromatic ring is 1. The quantitative estimate of drug-likeness (QED) is 0.671. The van der Waals surface area contributed by atoms with Gasteiger partial charge in [-0.25, -0.2) is 9.37 Å². The topological polar surface area (TPSA) is 71.8 Å². The molecule has 2 aromatic rings. The third-order valence-corrected chi connectivity index (χ3v) is 3.40. The molecule has 0 aliphatic rings. The van der Waals surface area contributed by atoms with Gasteiger partial charge in [-0.15, -0.1) is 0 Å². The van der Waals surface area contributed by atoms with E-state index >= 15 is 0 Å². The van der Waals surface area contributed by atoms with Crippen molar-refractivity contribution in [1.29, 1.82) is 0 Å². The molecule has 94 valence electrons. The largest absolute Gasteiger partial charge is 0.383 e. The number of aromatic amines is 1. The lowest BCUT2D eigenvalue weighted by molar-refractivity contribution is 0.626. The fourth-order valence-corrected chi connectivity index (χ4v) is 2.46. The van der Waals surface area contributed by atoms with Crippen LogP contribution in [0, 0.1) is 5.82 Å². The molecule has 0 fully saturated rings. The van der Waals surface area contributed by atoms with Crippen molar-refractivity contribution >= 4 is 29.2 Å². The van der Waals surface area contributed by atoms with Gasteiger partial charge in [0.05, 0.1) is 0 Å². The first-order valence-electron chi connectivity index (χ1n) is 4.98. The Hall–Kier alpha value is -1.53. The Morgan fingerprint density at radius 3 is 2.94 bits per heavy atom. The van der Waals surface area contributed by atoms with E-state index in [1.54, 1.807) is 0 Å². The van der Waals surface area contributed by atoms with Gasteiger partial charge < -0.3 is 10.7 Å². The van der Waals surface area contributed by atoms with Gasteiger partial charge in [-0.2, -0.15) is 0 Å². The molecule has 0 aliphatic heterocycles. The maximum atomic E-state index is 13.0. The minimum Gasteiger partial charge on any atom is -0.383 e. The average molecular weight is 286 g/mol. The van der Waals surface area contributed by atoms with Crippen LogP contribution in [0.3, 0.4) is 0 Å². The minimum absolute atomic E-state index is 0.145. The van der Waals surface area contributed by atoms with E-state index in [0.29, 0.717) is 21.5 Å². The highest BCUT2D eigenvalue weighted by Crippen LogP contribution is 2.25. The summed E-state index contributed by atoms with van der Waals surface area (Å²) < 4.78 is 13.0. The molecule has 0 amide bonds. The molecule has 18 heavy (non-hydrogen) atoms. The number of hydrogen-bond donors (Lipinski definition) is 2. The summed E-state index contributed by atoms with van der Waals surface area (Å²) in [5.74, 6) is 0.179. The number of aromatic nitrogens is 2. The molecule has 0 atom stereocenters. The number of benzene rings is 1. The lowest BCUT2D eigenvalue weighted by Crippen LogP contribution is -2.09. The van der Waals surface area contributed by atoms with Crippen LogP contribution >= 0.6 is 23.4 Å². The smallest absolute Gasteiger partial charge is 0.253 e. The molecule has 1 aromatic carbocycles. The Balaban J connectivity index is 2.16. The predicted octanol–water partition coefficient (Wildman–Crippen LogP) is 2.44. The Bertz CT molecular complexity index is 632. The minimum atomic E-state index is -0.357. The van der Waals surface area contributed by atoms with Gasteiger partial charge in [-0.3, -0.25) is 4.79 Å². The lowest BCUT2D eigenvalue weighted by Gasteiger charge is -2.04. The SMILES string of the molecule is Nc1cc(=O)[nH]c(SCc2cc(F)ccc2Cl)n1. The van der Waals surface area contributed by atoms with Crippen molar-refractivity contribution in [2.45, 2.75) is 10.9 Å². The zero-order chi connectivity index (χ0) is 13.1. The number of nitrogens with one attached hydrogen (secondary N) is 1. The van der Waals surface area contributed by atoms with E-state index < -0.39 is 0 Å². The molecule has 4 nitrogen and oxygen atoms in total. The summed E-state index contributed by atoms with van der Waals surface area (Å²) in [6.07, 6.45) is 0. The van der Waals surface area contributed by atoms with Crippen LogP contribution in [0.4, 0.5) is 10.2 Å². The zero-order valence-corrected chi connectivity index (χ0v) is 10.7. The number of thioether (sulfide) groups is 1. The van der Waals surface area contributed by atoms with Crippen LogP contribution in [0.1, 0.15) is 5.56 Å². The summed E-state index contributed by atoms with van der Waals surface area (Å²) in [5, 5.41) is 0.843. The molecule has 3 N–H and O–H groups in total. The second kappa shape index (κ2) is 5.41. The van der Waals surface area contributed by atoms with Gasteiger partial charge in [0.25, 0.3) is 5.56 Å². The molecule has 1 heterocycles. The summed E-state index contributed by atoms with van der Waals surface area (Å²) in [6, 6.07) is 5.32. The van der Waals surface area contributed by atoms with E-state index in [9.17, 15) is 9.18 Å². The van der Waals surface area contributed by atoms with Gasteiger partial charge in [0.2, 0.25) is 0 Å². The van der Waals surface area contributed by atoms with Crippen molar-refractivity contribution in [2.75, 3.05) is 5.73 Å². The first kappa shape index (κ1) is 12.9. The van der Waals surface area contributed by atoms with E-state index in [1.807, 2.05) is 0 Å². The maximum absolute atomic E-state index is 13.0. The van der Waals surface area contributed by atoms with E-state index in [0.717, 1.165) is 0 Å². The molecular formula is C11H9ClFN3OS. The van der Waals surface area contributed by atoms with Crippen LogP contribution in [0.5, 0.6) is 0 Å². The third kappa shape index (κ3) is 3.24. The van der Waals surface area contributed by atoms with Gasteiger partial charge in [-0.1, -0.05) is 23.4 Å². The van der Waals surface area contributed by atoms with Gasteiger partial charge in [0.1, 0.15) is 11.6 Å². The number of anilines is 1. The van der Waals surface area contributed by atoms with Crippen LogP contribution in [-0.4, -0.2) is 9.97 Å². The molecule has 0 radical (unpaired) electrons. The summed E-state index contributed by atoms with van der Waals surface area (Å²) in [5.41, 5.74) is 5.76. The Morgan fingerprint density at radius 2 is 2.22 bits per heavy atom. The van der Waals surface area contributed by atoms with Crippen LogP contribution in [-0.2, 0) is 5.75 Å². The van der Waals surface area contributed by atoms with Crippen LogP contribution in [0.25, 0.3) is 0 Å². The fourth-order valence-electron chi connectivity index (χ4n) is 1.32. The number of hydrogen-bond acceptors (Lipinski definition) is 4. The molecule has 7 heteroatoms. The molecule has 2 rings (SSSR count). The summed E-state index contributed by atoms with van der Waals surface area (Å²) in [6.45, 7) is 0. The van der Waals surface area contributed by atoms with Crippen LogP contribution < -0.4 is 11.3 Å². The van der Waals surface area contributed by atoms with Crippen molar-refractivity contribution in [3.05, 3.63) is 51.0 Å². The molecular weight excluding hydrogens is 277 g/mol. The molecule has 0 saturated heterocycles. The van der Waals surface area contributed by atoms with Crippen molar-refractivity contribution in [2.24, 2.45) is 0 Å². The van der Waals surface area contributed by atoms with Gasteiger partial charge in [-0.05, 0) is 23.8 Å². The highest BCUT2D eigenvalue weighted by atomic mass is 35.5. The van der Waals surface area contributed by atoms with E-state index in [1.165, 1.54) is 36.0 Å². The van der Waals surface area contributed by atoms with E-state index in [2.05, 4.69) is 9.97 Å². The lowest BCUT2D eigenvalue weighted by atomic mass is 10.2. The van der Waals surface area contributed by atoms with Crippen molar-refractivity contribution < 1.29 is 4.39 Å². The summed E-state index contributed by atoms with van der Waals surface area (Å²) in [7, 11) is 0.